The lowest BCUT2D eigenvalue weighted by Gasteiger charge is -2.21. The zero-order valence-corrected chi connectivity index (χ0v) is 16.3. The summed E-state index contributed by atoms with van der Waals surface area (Å²) in [5.74, 6) is 0.398. The Hall–Kier alpha value is -2.25. The summed E-state index contributed by atoms with van der Waals surface area (Å²) in [5, 5.41) is 30.4. The maximum Gasteiger partial charge on any atom is 0.283 e. The second-order valence-electron chi connectivity index (χ2n) is 6.10. The minimum absolute atomic E-state index is 0.00925. The molecular weight excluding hydrogens is 384 g/mol. The molecular formula is C18H18N4O3S2. The molecule has 0 bridgehead atoms. The van der Waals surface area contributed by atoms with Crippen LogP contribution in [0.4, 0.5) is 10.7 Å². The van der Waals surface area contributed by atoms with Crippen LogP contribution in [0.3, 0.4) is 0 Å². The summed E-state index contributed by atoms with van der Waals surface area (Å²) in [4.78, 5) is 19.2. The first-order chi connectivity index (χ1) is 13.0. The number of rotatable bonds is 6. The van der Waals surface area contributed by atoms with Crippen LogP contribution in [0.15, 0.2) is 28.1 Å². The molecule has 2 aromatic rings. The molecule has 27 heavy (non-hydrogen) atoms. The molecule has 0 amide bonds. The standard InChI is InChI=1S/C18H18N4O3S2/c1-21-5-4-13-14(9-19)18(27-17(13)11-21)20-10-12-2-3-16(26-7-6-23)15(8-12)22(24)25/h2-3,8,10,23H,4-7,11H2,1H3/b20-10+. The molecule has 0 atom stereocenters. The van der Waals surface area contributed by atoms with Gasteiger partial charge in [0.2, 0.25) is 0 Å². The van der Waals surface area contributed by atoms with Crippen LogP contribution in [-0.2, 0) is 13.0 Å². The lowest BCUT2D eigenvalue weighted by atomic mass is 10.0. The molecule has 3 rings (SSSR count). The number of hydrogen-bond donors (Lipinski definition) is 1. The Morgan fingerprint density at radius 1 is 1.56 bits per heavy atom. The van der Waals surface area contributed by atoms with Crippen molar-refractivity contribution in [3.8, 4) is 6.07 Å². The van der Waals surface area contributed by atoms with Crippen molar-refractivity contribution in [2.75, 3.05) is 26.0 Å². The summed E-state index contributed by atoms with van der Waals surface area (Å²) in [5.41, 5.74) is 2.28. The lowest BCUT2D eigenvalue weighted by molar-refractivity contribution is -0.387. The molecule has 7 nitrogen and oxygen atoms in total. The van der Waals surface area contributed by atoms with Gasteiger partial charge in [0, 0.05) is 36.0 Å². The van der Waals surface area contributed by atoms with Crippen LogP contribution >= 0.6 is 23.1 Å². The van der Waals surface area contributed by atoms with E-state index < -0.39 is 4.92 Å². The summed E-state index contributed by atoms with van der Waals surface area (Å²) < 4.78 is 0. The number of aliphatic hydroxyl groups excluding tert-OH is 1. The number of nitro groups is 1. The number of likely N-dealkylation sites (N-methyl/N-ethyl adjacent to an activating group) is 1. The maximum absolute atomic E-state index is 11.3. The van der Waals surface area contributed by atoms with Crippen LogP contribution in [0.25, 0.3) is 0 Å². The van der Waals surface area contributed by atoms with E-state index >= 15 is 0 Å². The molecule has 0 radical (unpaired) electrons. The Morgan fingerprint density at radius 3 is 3.07 bits per heavy atom. The van der Waals surface area contributed by atoms with Gasteiger partial charge in [-0.15, -0.1) is 23.1 Å². The first-order valence-corrected chi connectivity index (χ1v) is 10.1. The Morgan fingerprint density at radius 2 is 2.37 bits per heavy atom. The monoisotopic (exact) mass is 402 g/mol. The van der Waals surface area contributed by atoms with E-state index in [1.165, 1.54) is 29.2 Å². The number of nitrogens with zero attached hydrogens (tertiary/aromatic N) is 4. The molecule has 1 N–H and O–H groups in total. The predicted molar refractivity (Wildman–Crippen MR) is 107 cm³/mol. The molecule has 0 spiro atoms. The van der Waals surface area contributed by atoms with Crippen LogP contribution in [0.1, 0.15) is 21.6 Å². The Kier molecular flexibility index (Phi) is 6.23. The van der Waals surface area contributed by atoms with E-state index in [1.54, 1.807) is 18.3 Å². The van der Waals surface area contributed by atoms with Crippen LogP contribution in [0, 0.1) is 21.4 Å². The highest BCUT2D eigenvalue weighted by molar-refractivity contribution is 7.99. The summed E-state index contributed by atoms with van der Waals surface area (Å²) in [6.07, 6.45) is 2.40. The fraction of sp³-hybridized carbons (Fsp3) is 0.333. The van der Waals surface area contributed by atoms with Crippen molar-refractivity contribution in [2.24, 2.45) is 4.99 Å². The number of thioether (sulfide) groups is 1. The summed E-state index contributed by atoms with van der Waals surface area (Å²) >= 11 is 2.75. The number of thiophene rings is 1. The van der Waals surface area contributed by atoms with E-state index in [-0.39, 0.29) is 12.3 Å². The zero-order chi connectivity index (χ0) is 19.4. The van der Waals surface area contributed by atoms with Gasteiger partial charge in [-0.05, 0) is 30.7 Å². The number of fused-ring (bicyclic) bond motifs is 1. The van der Waals surface area contributed by atoms with Crippen LogP contribution in [0.5, 0.6) is 0 Å². The van der Waals surface area contributed by atoms with E-state index in [2.05, 4.69) is 16.0 Å². The van der Waals surface area contributed by atoms with Crippen molar-refractivity contribution < 1.29 is 10.0 Å². The van der Waals surface area contributed by atoms with Gasteiger partial charge in [0.15, 0.2) is 0 Å². The average Bonchev–Trinajstić information content (AvgIpc) is 3.01. The number of aliphatic imine (C=N–C) groups is 1. The molecule has 0 fully saturated rings. The summed E-state index contributed by atoms with van der Waals surface area (Å²) in [6, 6.07) is 7.15. The van der Waals surface area contributed by atoms with Gasteiger partial charge in [0.25, 0.3) is 5.69 Å². The molecule has 0 saturated heterocycles. The van der Waals surface area contributed by atoms with Crippen molar-refractivity contribution in [1.82, 2.24) is 4.90 Å². The third kappa shape index (κ3) is 4.36. The first-order valence-electron chi connectivity index (χ1n) is 8.32. The normalized spacial score (nSPS) is 14.3. The average molecular weight is 403 g/mol. The van der Waals surface area contributed by atoms with E-state index in [9.17, 15) is 15.4 Å². The van der Waals surface area contributed by atoms with Crippen molar-refractivity contribution >= 4 is 40.0 Å². The molecule has 140 valence electrons. The Bertz CT molecular complexity index is 933. The Labute approximate surface area is 165 Å². The highest BCUT2D eigenvalue weighted by Crippen LogP contribution is 2.38. The highest BCUT2D eigenvalue weighted by Gasteiger charge is 2.22. The van der Waals surface area contributed by atoms with E-state index in [4.69, 9.17) is 5.11 Å². The molecule has 0 saturated carbocycles. The van der Waals surface area contributed by atoms with E-state index in [0.717, 1.165) is 30.0 Å². The SMILES string of the molecule is CN1CCc2c(sc(/N=C/c3ccc(SCCO)c([N+](=O)[O-])c3)c2C#N)C1. The zero-order valence-electron chi connectivity index (χ0n) is 14.7. The minimum Gasteiger partial charge on any atom is -0.396 e. The number of hydrogen-bond acceptors (Lipinski definition) is 8. The van der Waals surface area contributed by atoms with Crippen LogP contribution in [0.2, 0.25) is 0 Å². The fourth-order valence-electron chi connectivity index (χ4n) is 2.89. The van der Waals surface area contributed by atoms with Crippen molar-refractivity contribution in [3.63, 3.8) is 0 Å². The van der Waals surface area contributed by atoms with Crippen molar-refractivity contribution in [1.29, 1.82) is 5.26 Å². The first kappa shape index (κ1) is 19.5. The van der Waals surface area contributed by atoms with Gasteiger partial charge in [-0.2, -0.15) is 5.26 Å². The molecule has 0 unspecified atom stereocenters. The Balaban J connectivity index is 1.89. The molecule has 0 aliphatic carbocycles. The van der Waals surface area contributed by atoms with Crippen LogP contribution < -0.4 is 0 Å². The van der Waals surface area contributed by atoms with Crippen LogP contribution in [-0.4, -0.2) is 47.1 Å². The summed E-state index contributed by atoms with van der Waals surface area (Å²) in [7, 11) is 2.05. The number of benzene rings is 1. The van der Waals surface area contributed by atoms with E-state index in [1.807, 2.05) is 7.05 Å². The second kappa shape index (κ2) is 8.63. The lowest BCUT2D eigenvalue weighted by Crippen LogP contribution is -2.25. The third-order valence-corrected chi connectivity index (χ3v) is 6.37. The maximum atomic E-state index is 11.3. The van der Waals surface area contributed by atoms with E-state index in [0.29, 0.717) is 26.8 Å². The highest BCUT2D eigenvalue weighted by atomic mass is 32.2. The molecule has 2 heterocycles. The smallest absolute Gasteiger partial charge is 0.283 e. The molecule has 9 heteroatoms. The van der Waals surface area contributed by atoms with Crippen molar-refractivity contribution in [3.05, 3.63) is 49.9 Å². The molecule has 1 aromatic carbocycles. The topological polar surface area (TPSA) is 103 Å². The third-order valence-electron chi connectivity index (χ3n) is 4.20. The fourth-order valence-corrected chi connectivity index (χ4v) is 4.87. The molecule has 1 aliphatic rings. The quantitative estimate of drug-likeness (QED) is 0.344. The molecule has 1 aliphatic heterocycles. The van der Waals surface area contributed by atoms with Crippen molar-refractivity contribution in [2.45, 2.75) is 17.9 Å². The van der Waals surface area contributed by atoms with Gasteiger partial charge < -0.3 is 10.0 Å². The number of nitriles is 1. The number of aliphatic hydroxyl groups is 1. The second-order valence-corrected chi connectivity index (χ2v) is 8.32. The summed E-state index contributed by atoms with van der Waals surface area (Å²) in [6.45, 7) is 1.69. The predicted octanol–water partition coefficient (Wildman–Crippen LogP) is 3.35. The van der Waals surface area contributed by atoms with Gasteiger partial charge in [-0.25, -0.2) is 4.99 Å². The van der Waals surface area contributed by atoms with Gasteiger partial charge in [0.1, 0.15) is 11.1 Å². The van der Waals surface area contributed by atoms with Gasteiger partial charge in [-0.1, -0.05) is 6.07 Å². The van der Waals surface area contributed by atoms with Gasteiger partial charge >= 0.3 is 0 Å². The molecule has 1 aromatic heterocycles. The minimum atomic E-state index is -0.433. The number of nitro benzene ring substituents is 1. The van der Waals surface area contributed by atoms with Gasteiger partial charge in [-0.3, -0.25) is 10.1 Å². The largest absolute Gasteiger partial charge is 0.396 e. The van der Waals surface area contributed by atoms with Gasteiger partial charge in [0.05, 0.1) is 22.0 Å².